The third-order valence-corrected chi connectivity index (χ3v) is 4.68. The summed E-state index contributed by atoms with van der Waals surface area (Å²) < 4.78 is 0. The van der Waals surface area contributed by atoms with Gasteiger partial charge in [0.2, 0.25) is 0 Å². The molecule has 2 aliphatic heterocycles. The lowest BCUT2D eigenvalue weighted by molar-refractivity contribution is -0.191. The van der Waals surface area contributed by atoms with Crippen LogP contribution < -0.4 is 4.90 Å². The van der Waals surface area contributed by atoms with Gasteiger partial charge in [0, 0.05) is 5.56 Å². The number of carbonyl (C=O) groups is 1. The Balaban J connectivity index is 0.000000659. The minimum absolute atomic E-state index is 0.00521. The van der Waals surface area contributed by atoms with E-state index in [1.165, 1.54) is 19.3 Å². The Morgan fingerprint density at radius 3 is 2.22 bits per heavy atom. The number of piperidine rings is 1. The second-order valence-electron chi connectivity index (χ2n) is 6.45. The van der Waals surface area contributed by atoms with E-state index in [-0.39, 0.29) is 12.1 Å². The predicted molar refractivity (Wildman–Crippen MR) is 102 cm³/mol. The van der Waals surface area contributed by atoms with Gasteiger partial charge in [-0.3, -0.25) is 14.6 Å². The average Bonchev–Trinajstić information content (AvgIpc) is 2.96. The summed E-state index contributed by atoms with van der Waals surface area (Å²) in [5.41, 5.74) is 3.27. The van der Waals surface area contributed by atoms with E-state index in [9.17, 15) is 4.79 Å². The van der Waals surface area contributed by atoms with Gasteiger partial charge in [-0.1, -0.05) is 42.8 Å². The number of hydrogen-bond acceptors (Lipinski definition) is 5. The molecule has 4 rings (SSSR count). The second kappa shape index (κ2) is 9.03. The molecule has 2 aromatic carbocycles. The van der Waals surface area contributed by atoms with Crippen molar-refractivity contribution >= 4 is 29.1 Å². The van der Waals surface area contributed by atoms with E-state index in [1.54, 1.807) is 0 Å². The van der Waals surface area contributed by atoms with Gasteiger partial charge in [0.15, 0.2) is 0 Å². The van der Waals surface area contributed by atoms with Crippen molar-refractivity contribution in [3.05, 3.63) is 60.2 Å². The van der Waals surface area contributed by atoms with Crippen molar-refractivity contribution in [3.63, 3.8) is 0 Å². The maximum absolute atomic E-state index is 13.0. The SMILES string of the molecule is O=C1C(=Nc2ccccc2)c2ccccc2N1CN1CCCCC1.O=C=O. The first kappa shape index (κ1) is 18.7. The van der Waals surface area contributed by atoms with Crippen LogP contribution in [0.4, 0.5) is 11.4 Å². The molecule has 2 aliphatic rings. The molecule has 0 unspecified atom stereocenters. The van der Waals surface area contributed by atoms with Crippen LogP contribution in [0.5, 0.6) is 0 Å². The van der Waals surface area contributed by atoms with Crippen LogP contribution in [0, 0.1) is 0 Å². The van der Waals surface area contributed by atoms with Gasteiger partial charge in [0.25, 0.3) is 5.91 Å². The maximum atomic E-state index is 13.0. The van der Waals surface area contributed by atoms with Gasteiger partial charge in [-0.25, -0.2) is 4.99 Å². The van der Waals surface area contributed by atoms with E-state index in [4.69, 9.17) is 9.59 Å². The summed E-state index contributed by atoms with van der Waals surface area (Å²) in [5, 5.41) is 0. The van der Waals surface area contributed by atoms with Crippen molar-refractivity contribution in [1.29, 1.82) is 0 Å². The molecular weight excluding hydrogens is 342 g/mol. The van der Waals surface area contributed by atoms with E-state index >= 15 is 0 Å². The number of nitrogens with zero attached hydrogens (tertiary/aromatic N) is 3. The van der Waals surface area contributed by atoms with Crippen molar-refractivity contribution in [1.82, 2.24) is 4.90 Å². The summed E-state index contributed by atoms with van der Waals surface area (Å²) in [7, 11) is 0. The molecule has 0 atom stereocenters. The van der Waals surface area contributed by atoms with Crippen molar-refractivity contribution in [2.75, 3.05) is 24.7 Å². The molecule has 0 aliphatic carbocycles. The smallest absolute Gasteiger partial charge is 0.293 e. The molecule has 1 amide bonds. The number of para-hydroxylation sites is 2. The zero-order valence-electron chi connectivity index (χ0n) is 15.0. The fourth-order valence-electron chi connectivity index (χ4n) is 3.44. The highest BCUT2D eigenvalue weighted by molar-refractivity contribution is 6.54. The van der Waals surface area contributed by atoms with Gasteiger partial charge in [-0.05, 0) is 44.1 Å². The second-order valence-corrected chi connectivity index (χ2v) is 6.45. The number of aliphatic imine (C=N–C) groups is 1. The van der Waals surface area contributed by atoms with Gasteiger partial charge in [-0.15, -0.1) is 0 Å². The van der Waals surface area contributed by atoms with Crippen LogP contribution >= 0.6 is 0 Å². The van der Waals surface area contributed by atoms with E-state index < -0.39 is 0 Å². The van der Waals surface area contributed by atoms with Gasteiger partial charge < -0.3 is 0 Å². The highest BCUT2D eigenvalue weighted by Crippen LogP contribution is 2.31. The maximum Gasteiger partial charge on any atom is 0.373 e. The Morgan fingerprint density at radius 2 is 1.52 bits per heavy atom. The zero-order chi connectivity index (χ0) is 19.1. The summed E-state index contributed by atoms with van der Waals surface area (Å²) >= 11 is 0. The Hall–Kier alpha value is -3.08. The quantitative estimate of drug-likeness (QED) is 0.840. The Bertz CT molecular complexity index is 852. The average molecular weight is 363 g/mol. The number of carbonyl (C=O) groups excluding carboxylic acids is 3. The molecule has 138 valence electrons. The summed E-state index contributed by atoms with van der Waals surface area (Å²) in [6.45, 7) is 2.79. The van der Waals surface area contributed by atoms with Crippen LogP contribution in [-0.2, 0) is 14.4 Å². The highest BCUT2D eigenvalue weighted by Gasteiger charge is 2.34. The van der Waals surface area contributed by atoms with E-state index in [0.717, 1.165) is 30.0 Å². The third kappa shape index (κ3) is 4.37. The van der Waals surface area contributed by atoms with E-state index in [0.29, 0.717) is 12.4 Å². The van der Waals surface area contributed by atoms with Crippen LogP contribution in [0.15, 0.2) is 59.6 Å². The molecule has 0 radical (unpaired) electrons. The number of benzene rings is 2. The molecule has 0 N–H and O–H groups in total. The first-order chi connectivity index (χ1) is 13.2. The minimum atomic E-state index is 0.00521. The van der Waals surface area contributed by atoms with Gasteiger partial charge >= 0.3 is 6.15 Å². The van der Waals surface area contributed by atoms with Gasteiger partial charge in [0.1, 0.15) is 5.71 Å². The normalized spacial score (nSPS) is 17.9. The number of rotatable bonds is 3. The van der Waals surface area contributed by atoms with Crippen LogP contribution in [0.25, 0.3) is 0 Å². The Morgan fingerprint density at radius 1 is 0.889 bits per heavy atom. The number of anilines is 1. The standard InChI is InChI=1S/C20H21N3O.CO2/c24-20-19(21-16-9-3-1-4-10-16)17-11-5-6-12-18(17)23(20)15-22-13-7-2-8-14-22;2-1-3/h1,3-6,9-12H,2,7-8,13-15H2;. The van der Waals surface area contributed by atoms with Crippen molar-refractivity contribution in [2.24, 2.45) is 4.99 Å². The van der Waals surface area contributed by atoms with Crippen molar-refractivity contribution in [2.45, 2.75) is 19.3 Å². The largest absolute Gasteiger partial charge is 0.373 e. The lowest BCUT2D eigenvalue weighted by Gasteiger charge is -2.30. The number of amides is 1. The van der Waals surface area contributed by atoms with Crippen molar-refractivity contribution < 1.29 is 14.4 Å². The molecular formula is C21H21N3O3. The lowest BCUT2D eigenvalue weighted by atomic mass is 10.1. The van der Waals surface area contributed by atoms with Gasteiger partial charge in [-0.2, -0.15) is 9.59 Å². The Kier molecular flexibility index (Phi) is 6.26. The van der Waals surface area contributed by atoms with E-state index in [1.807, 2.05) is 59.5 Å². The van der Waals surface area contributed by atoms with Crippen LogP contribution in [-0.4, -0.2) is 42.4 Å². The third-order valence-electron chi connectivity index (χ3n) is 4.68. The van der Waals surface area contributed by atoms with Crippen LogP contribution in [0.3, 0.4) is 0 Å². The molecule has 27 heavy (non-hydrogen) atoms. The molecule has 0 saturated carbocycles. The number of fused-ring (bicyclic) bond motifs is 1. The number of hydrogen-bond donors (Lipinski definition) is 0. The summed E-state index contributed by atoms with van der Waals surface area (Å²) in [6, 6.07) is 17.7. The highest BCUT2D eigenvalue weighted by atomic mass is 16.2. The minimum Gasteiger partial charge on any atom is -0.293 e. The molecule has 0 spiro atoms. The van der Waals surface area contributed by atoms with Gasteiger partial charge in [0.05, 0.1) is 18.0 Å². The first-order valence-electron chi connectivity index (χ1n) is 9.01. The Labute approximate surface area is 158 Å². The molecule has 6 heteroatoms. The fourth-order valence-corrected chi connectivity index (χ4v) is 3.44. The van der Waals surface area contributed by atoms with E-state index in [2.05, 4.69) is 9.89 Å². The first-order valence-corrected chi connectivity index (χ1v) is 9.01. The molecule has 6 nitrogen and oxygen atoms in total. The summed E-state index contributed by atoms with van der Waals surface area (Å²) in [6.07, 6.45) is 3.98. The zero-order valence-corrected chi connectivity index (χ0v) is 15.0. The number of likely N-dealkylation sites (tertiary alicyclic amines) is 1. The summed E-state index contributed by atoms with van der Waals surface area (Å²) in [5.74, 6) is 0.00521. The monoisotopic (exact) mass is 363 g/mol. The molecule has 2 aromatic rings. The predicted octanol–water partition coefficient (Wildman–Crippen LogP) is 3.01. The molecule has 1 fully saturated rings. The van der Waals surface area contributed by atoms with Crippen molar-refractivity contribution in [3.8, 4) is 0 Å². The molecule has 0 aromatic heterocycles. The van der Waals surface area contributed by atoms with Crippen LogP contribution in [0.2, 0.25) is 0 Å². The fraction of sp³-hybridized carbons (Fsp3) is 0.286. The van der Waals surface area contributed by atoms with Crippen LogP contribution in [0.1, 0.15) is 24.8 Å². The summed E-state index contributed by atoms with van der Waals surface area (Å²) in [4.78, 5) is 38.1. The molecule has 0 bridgehead atoms. The topological polar surface area (TPSA) is 70.1 Å². The molecule has 1 saturated heterocycles. The molecule has 2 heterocycles. The lowest BCUT2D eigenvalue weighted by Crippen LogP contribution is -2.43.